The van der Waals surface area contributed by atoms with Gasteiger partial charge in [-0.2, -0.15) is 4.98 Å². The van der Waals surface area contributed by atoms with Gasteiger partial charge in [0.2, 0.25) is 0 Å². The molecule has 0 aliphatic carbocycles. The van der Waals surface area contributed by atoms with E-state index in [1.807, 2.05) is 32.2 Å². The van der Waals surface area contributed by atoms with Crippen molar-refractivity contribution in [2.75, 3.05) is 6.54 Å². The van der Waals surface area contributed by atoms with Crippen molar-refractivity contribution in [1.82, 2.24) is 25.0 Å². The molecule has 7 heteroatoms. The van der Waals surface area contributed by atoms with Gasteiger partial charge in [0.25, 0.3) is 5.89 Å². The first-order chi connectivity index (χ1) is 11.7. The van der Waals surface area contributed by atoms with Crippen LogP contribution < -0.4 is 5.32 Å². The van der Waals surface area contributed by atoms with Crippen LogP contribution >= 0.6 is 0 Å². The number of benzene rings is 1. The second-order valence-electron chi connectivity index (χ2n) is 6.21. The molecular weight excluding hydrogens is 306 g/mol. The van der Waals surface area contributed by atoms with Crippen LogP contribution in [0.15, 0.2) is 28.8 Å². The molecule has 0 unspecified atom stereocenters. The average Bonchev–Trinajstić information content (AvgIpc) is 3.28. The first kappa shape index (κ1) is 15.3. The molecule has 0 radical (unpaired) electrons. The van der Waals surface area contributed by atoms with Crippen LogP contribution in [-0.4, -0.2) is 32.3 Å². The predicted octanol–water partition coefficient (Wildman–Crippen LogP) is 2.27. The molecule has 1 aliphatic rings. The first-order valence-corrected chi connectivity index (χ1v) is 8.27. The van der Waals surface area contributed by atoms with Crippen LogP contribution in [0.4, 0.5) is 0 Å². The molecule has 24 heavy (non-hydrogen) atoms. The van der Waals surface area contributed by atoms with Crippen LogP contribution in [0.25, 0.3) is 11.0 Å². The summed E-state index contributed by atoms with van der Waals surface area (Å²) in [5, 5.41) is 7.27. The molecule has 4 rings (SSSR count). The lowest BCUT2D eigenvalue weighted by Crippen LogP contribution is -2.27. The van der Waals surface area contributed by atoms with E-state index in [0.29, 0.717) is 11.7 Å². The van der Waals surface area contributed by atoms with Crippen molar-refractivity contribution in [1.29, 1.82) is 0 Å². The van der Waals surface area contributed by atoms with E-state index in [-0.39, 0.29) is 12.2 Å². The number of imidazole rings is 1. The summed E-state index contributed by atoms with van der Waals surface area (Å²) < 4.78 is 13.3. The number of rotatable bonds is 5. The highest BCUT2D eigenvalue weighted by atomic mass is 16.5. The Labute approximate surface area is 140 Å². The number of nitrogens with one attached hydrogen (secondary N) is 1. The molecule has 3 heterocycles. The maximum atomic E-state index is 6.00. The number of hydrogen-bond donors (Lipinski definition) is 1. The Morgan fingerprint density at radius 1 is 1.25 bits per heavy atom. The Kier molecular flexibility index (Phi) is 4.03. The maximum absolute atomic E-state index is 6.00. The molecule has 1 aromatic carbocycles. The number of fused-ring (bicyclic) bond motifs is 1. The Balaban J connectivity index is 1.32. The molecule has 3 aromatic rings. The van der Waals surface area contributed by atoms with Gasteiger partial charge in [-0.25, -0.2) is 4.98 Å². The lowest BCUT2D eigenvalue weighted by molar-refractivity contribution is 0.0263. The van der Waals surface area contributed by atoms with E-state index in [9.17, 15) is 0 Å². The minimum atomic E-state index is -0.0752. The monoisotopic (exact) mass is 327 g/mol. The molecule has 0 spiro atoms. The van der Waals surface area contributed by atoms with Gasteiger partial charge in [0.15, 0.2) is 5.82 Å². The average molecular weight is 327 g/mol. The topological polar surface area (TPSA) is 78.0 Å². The molecule has 1 aliphatic heterocycles. The minimum absolute atomic E-state index is 0.0752. The van der Waals surface area contributed by atoms with Crippen LogP contribution in [-0.2, 0) is 18.3 Å². The van der Waals surface area contributed by atoms with E-state index >= 15 is 0 Å². The summed E-state index contributed by atoms with van der Waals surface area (Å²) in [6.45, 7) is 3.32. The summed E-state index contributed by atoms with van der Waals surface area (Å²) in [4.78, 5) is 8.92. The molecule has 2 atom stereocenters. The second kappa shape index (κ2) is 6.33. The fourth-order valence-electron chi connectivity index (χ4n) is 3.18. The Hall–Kier alpha value is -2.25. The molecule has 2 aromatic heterocycles. The highest BCUT2D eigenvalue weighted by molar-refractivity contribution is 5.75. The fourth-order valence-corrected chi connectivity index (χ4v) is 3.18. The van der Waals surface area contributed by atoms with E-state index < -0.39 is 0 Å². The molecule has 126 valence electrons. The maximum Gasteiger partial charge on any atom is 0.255 e. The zero-order valence-corrected chi connectivity index (χ0v) is 13.9. The van der Waals surface area contributed by atoms with Gasteiger partial charge in [0.1, 0.15) is 11.9 Å². The largest absolute Gasteiger partial charge is 0.364 e. The predicted molar refractivity (Wildman–Crippen MR) is 88.3 cm³/mol. The van der Waals surface area contributed by atoms with Crippen molar-refractivity contribution in [3.8, 4) is 0 Å². The number of para-hydroxylation sites is 2. The third-order valence-electron chi connectivity index (χ3n) is 4.46. The quantitative estimate of drug-likeness (QED) is 0.774. The summed E-state index contributed by atoms with van der Waals surface area (Å²) in [6.07, 6.45) is 1.99. The van der Waals surface area contributed by atoms with Gasteiger partial charge in [-0.3, -0.25) is 0 Å². The standard InChI is InChI=1S/C17H21N5O2/c1-11-19-17(24-21-11)15-8-7-12(23-15)9-18-10-16-20-13-5-3-4-6-14(13)22(16)2/h3-6,12,15,18H,7-10H2,1-2H3/t12-,15+/m1/s1. The molecule has 0 bridgehead atoms. The van der Waals surface area contributed by atoms with E-state index in [0.717, 1.165) is 42.8 Å². The van der Waals surface area contributed by atoms with Crippen LogP contribution in [0.2, 0.25) is 0 Å². The molecule has 1 fully saturated rings. The van der Waals surface area contributed by atoms with Gasteiger partial charge in [0, 0.05) is 13.6 Å². The minimum Gasteiger partial charge on any atom is -0.364 e. The second-order valence-corrected chi connectivity index (χ2v) is 6.21. The van der Waals surface area contributed by atoms with Gasteiger partial charge in [-0.05, 0) is 31.9 Å². The Bertz CT molecular complexity index is 840. The lowest BCUT2D eigenvalue weighted by atomic mass is 10.2. The summed E-state index contributed by atoms with van der Waals surface area (Å²) in [7, 11) is 2.05. The zero-order chi connectivity index (χ0) is 16.5. The molecular formula is C17H21N5O2. The summed E-state index contributed by atoms with van der Waals surface area (Å²) >= 11 is 0. The summed E-state index contributed by atoms with van der Waals surface area (Å²) in [5.74, 6) is 2.26. The molecule has 0 saturated carbocycles. The van der Waals surface area contributed by atoms with E-state index in [2.05, 4.69) is 31.1 Å². The number of aryl methyl sites for hydroxylation is 2. The number of ether oxygens (including phenoxy) is 1. The molecule has 7 nitrogen and oxygen atoms in total. The smallest absolute Gasteiger partial charge is 0.255 e. The van der Waals surface area contributed by atoms with Crippen molar-refractivity contribution in [2.45, 2.75) is 38.5 Å². The van der Waals surface area contributed by atoms with Gasteiger partial charge >= 0.3 is 0 Å². The summed E-state index contributed by atoms with van der Waals surface area (Å²) in [6, 6.07) is 8.17. The van der Waals surface area contributed by atoms with Crippen molar-refractivity contribution in [3.05, 3.63) is 41.8 Å². The van der Waals surface area contributed by atoms with Crippen LogP contribution in [0.3, 0.4) is 0 Å². The summed E-state index contributed by atoms with van der Waals surface area (Å²) in [5.41, 5.74) is 2.18. The normalized spacial score (nSPS) is 20.9. The highest BCUT2D eigenvalue weighted by Gasteiger charge is 2.30. The molecule has 1 saturated heterocycles. The van der Waals surface area contributed by atoms with Crippen molar-refractivity contribution < 1.29 is 9.26 Å². The van der Waals surface area contributed by atoms with Crippen molar-refractivity contribution in [3.63, 3.8) is 0 Å². The first-order valence-electron chi connectivity index (χ1n) is 8.27. The third kappa shape index (κ3) is 2.92. The van der Waals surface area contributed by atoms with Gasteiger partial charge in [-0.15, -0.1) is 0 Å². The van der Waals surface area contributed by atoms with Crippen LogP contribution in [0, 0.1) is 6.92 Å². The highest BCUT2D eigenvalue weighted by Crippen LogP contribution is 2.31. The Morgan fingerprint density at radius 3 is 2.92 bits per heavy atom. The third-order valence-corrected chi connectivity index (χ3v) is 4.46. The number of hydrogen-bond acceptors (Lipinski definition) is 6. The zero-order valence-electron chi connectivity index (χ0n) is 13.9. The number of aromatic nitrogens is 4. The molecule has 0 amide bonds. The van der Waals surface area contributed by atoms with Crippen LogP contribution in [0.5, 0.6) is 0 Å². The van der Waals surface area contributed by atoms with E-state index in [1.165, 1.54) is 0 Å². The van der Waals surface area contributed by atoms with Crippen LogP contribution in [0.1, 0.15) is 36.5 Å². The fraction of sp³-hybridized carbons (Fsp3) is 0.471. The molecule has 1 N–H and O–H groups in total. The van der Waals surface area contributed by atoms with Crippen molar-refractivity contribution >= 4 is 11.0 Å². The lowest BCUT2D eigenvalue weighted by Gasteiger charge is -2.12. The Morgan fingerprint density at radius 2 is 2.12 bits per heavy atom. The van der Waals surface area contributed by atoms with E-state index in [4.69, 9.17) is 9.26 Å². The number of nitrogens with zero attached hydrogens (tertiary/aromatic N) is 4. The van der Waals surface area contributed by atoms with Gasteiger partial charge in [0.05, 0.1) is 23.7 Å². The van der Waals surface area contributed by atoms with Crippen molar-refractivity contribution in [2.24, 2.45) is 7.05 Å². The SMILES string of the molecule is Cc1noc([C@@H]2CC[C@H](CNCc3nc4ccccc4n3C)O2)n1. The van der Waals surface area contributed by atoms with E-state index in [1.54, 1.807) is 0 Å². The van der Waals surface area contributed by atoms with Gasteiger partial charge in [-0.1, -0.05) is 17.3 Å². The van der Waals surface area contributed by atoms with Gasteiger partial charge < -0.3 is 19.1 Å².